The molecule has 17 heteroatoms. The largest absolute Gasteiger partial charge is 0.387 e. The third-order valence-electron chi connectivity index (χ3n) is 5.62. The van der Waals surface area contributed by atoms with E-state index in [1.54, 1.807) is 6.07 Å². The van der Waals surface area contributed by atoms with Gasteiger partial charge >= 0.3 is 15.2 Å². The number of nitrogens with zero attached hydrogens (tertiary/aromatic N) is 3. The average molecular weight is 553 g/mol. The molecule has 6 atom stereocenters. The van der Waals surface area contributed by atoms with E-state index in [4.69, 9.17) is 35.4 Å². The van der Waals surface area contributed by atoms with E-state index in [0.29, 0.717) is 24.3 Å². The fraction of sp³-hybridized carbons (Fsp3) is 0.556. The van der Waals surface area contributed by atoms with E-state index in [1.807, 2.05) is 6.07 Å². The van der Waals surface area contributed by atoms with Gasteiger partial charge in [-0.3, -0.25) is 9.13 Å². The van der Waals surface area contributed by atoms with Gasteiger partial charge in [-0.15, -0.1) is 0 Å². The second-order valence-corrected chi connectivity index (χ2v) is 12.6. The number of nitrogens with one attached hydrogen (secondary N) is 1. The number of ether oxygens (including phenoxy) is 2. The minimum absolute atomic E-state index is 0.0499. The van der Waals surface area contributed by atoms with E-state index in [2.05, 4.69) is 10.3 Å². The molecule has 2 aliphatic rings. The van der Waals surface area contributed by atoms with Gasteiger partial charge in [-0.1, -0.05) is 11.6 Å². The molecule has 0 radical (unpaired) electrons. The summed E-state index contributed by atoms with van der Waals surface area (Å²) in [5.41, 5.74) is 0.803. The Balaban J connectivity index is 1.59. The molecule has 0 amide bonds. The number of hydrogen-bond acceptors (Lipinski definition) is 10. The lowest BCUT2D eigenvalue weighted by Gasteiger charge is -2.19. The van der Waals surface area contributed by atoms with Crippen molar-refractivity contribution in [2.24, 2.45) is 0 Å². The first-order valence-corrected chi connectivity index (χ1v) is 14.3. The van der Waals surface area contributed by atoms with Crippen molar-refractivity contribution in [1.82, 2.24) is 9.55 Å². The maximum Gasteiger partial charge on any atom is 0.340 e. The summed E-state index contributed by atoms with van der Waals surface area (Å²) in [5, 5.41) is 34.3. The normalized spacial score (nSPS) is 28.8. The fourth-order valence-corrected chi connectivity index (χ4v) is 6.79. The molecule has 2 aromatic rings. The van der Waals surface area contributed by atoms with Crippen molar-refractivity contribution in [3.05, 3.63) is 23.0 Å². The van der Waals surface area contributed by atoms with Crippen molar-refractivity contribution in [2.75, 3.05) is 31.0 Å². The molecule has 4 heterocycles. The molecule has 35 heavy (non-hydrogen) atoms. The van der Waals surface area contributed by atoms with Crippen molar-refractivity contribution in [3.63, 3.8) is 0 Å². The van der Waals surface area contributed by atoms with Crippen molar-refractivity contribution in [3.8, 4) is 6.07 Å². The SMILES string of the molecule is N#Cc1c(Cl)nc2c(ccn2[C@@H]2O[C@H](COP(=O)(O)CP(=O)(O)O)[C@@H](O)[C@H]2O)c1NC1CCOC1. The molecule has 2 aromatic heterocycles. The molecule has 2 unspecified atom stereocenters. The summed E-state index contributed by atoms with van der Waals surface area (Å²) in [6.07, 6.45) is -3.35. The molecular weight excluding hydrogens is 530 g/mol. The highest BCUT2D eigenvalue weighted by molar-refractivity contribution is 7.70. The molecule has 0 spiro atoms. The Bertz CT molecular complexity index is 1240. The molecule has 2 aliphatic heterocycles. The lowest BCUT2D eigenvalue weighted by molar-refractivity contribution is -0.0481. The summed E-state index contributed by atoms with van der Waals surface area (Å²) >= 11 is 6.26. The number of aliphatic hydroxyl groups is 2. The lowest BCUT2D eigenvalue weighted by atomic mass is 10.1. The van der Waals surface area contributed by atoms with Crippen molar-refractivity contribution in [1.29, 1.82) is 5.26 Å². The highest BCUT2D eigenvalue weighted by Gasteiger charge is 2.45. The van der Waals surface area contributed by atoms with E-state index < -0.39 is 52.2 Å². The van der Waals surface area contributed by atoms with Gasteiger partial charge in [-0.05, 0) is 12.5 Å². The van der Waals surface area contributed by atoms with E-state index in [9.17, 15) is 29.5 Å². The lowest BCUT2D eigenvalue weighted by Crippen LogP contribution is -2.33. The van der Waals surface area contributed by atoms with Crippen LogP contribution in [-0.2, 0) is 23.1 Å². The van der Waals surface area contributed by atoms with Crippen molar-refractivity contribution in [2.45, 2.75) is 37.0 Å². The second kappa shape index (κ2) is 10.0. The number of nitriles is 1. The maximum atomic E-state index is 11.9. The standard InChI is InChI=1S/C18H23ClN4O10P2/c19-16-11(5-20)13(21-9-2-4-31-6-9)10-1-3-23(17(10)22-16)18-15(25)14(24)12(33-18)7-32-35(29,30)8-34(26,27)28/h1,3,9,12,14-15,18,24-25H,2,4,6-8H2,(H,21,22)(H,29,30)(H2,26,27,28)/t9?,12-,14-,15-,18-/m1/s1. The molecule has 2 fully saturated rings. The summed E-state index contributed by atoms with van der Waals surface area (Å²) in [6.45, 7) is 0.298. The van der Waals surface area contributed by atoms with E-state index in [-0.39, 0.29) is 22.4 Å². The molecule has 4 rings (SSSR count). The van der Waals surface area contributed by atoms with Crippen LogP contribution in [0.1, 0.15) is 18.2 Å². The Morgan fingerprint density at radius 2 is 2.06 bits per heavy atom. The van der Waals surface area contributed by atoms with E-state index in [1.165, 1.54) is 10.8 Å². The number of hydrogen-bond donors (Lipinski definition) is 6. The van der Waals surface area contributed by atoms with Crippen LogP contribution >= 0.6 is 26.8 Å². The first-order chi connectivity index (χ1) is 16.4. The first kappa shape index (κ1) is 26.5. The second-order valence-electron chi connectivity index (χ2n) is 8.22. The van der Waals surface area contributed by atoms with Gasteiger partial charge in [-0.25, -0.2) is 4.98 Å². The molecule has 2 saturated heterocycles. The zero-order valence-electron chi connectivity index (χ0n) is 18.0. The summed E-state index contributed by atoms with van der Waals surface area (Å²) < 4.78 is 40.1. The zero-order valence-corrected chi connectivity index (χ0v) is 20.5. The van der Waals surface area contributed by atoms with Gasteiger partial charge in [0.15, 0.2) is 17.3 Å². The molecule has 6 N–H and O–H groups in total. The van der Waals surface area contributed by atoms with Gasteiger partial charge < -0.3 is 48.8 Å². The van der Waals surface area contributed by atoms with Crippen LogP contribution in [0.2, 0.25) is 5.15 Å². The third kappa shape index (κ3) is 5.72. The Labute approximate surface area is 203 Å². The van der Waals surface area contributed by atoms with Crippen LogP contribution in [0.4, 0.5) is 5.69 Å². The van der Waals surface area contributed by atoms with Gasteiger partial charge in [0, 0.05) is 18.2 Å². The number of anilines is 1. The highest BCUT2D eigenvalue weighted by atomic mass is 35.5. The minimum Gasteiger partial charge on any atom is -0.387 e. The van der Waals surface area contributed by atoms with E-state index in [0.717, 1.165) is 6.42 Å². The predicted octanol–water partition coefficient (Wildman–Crippen LogP) is 0.719. The van der Waals surface area contributed by atoms with Gasteiger partial charge in [0.1, 0.15) is 35.6 Å². The Hall–Kier alpha value is -1.59. The fourth-order valence-electron chi connectivity index (χ4n) is 4.01. The third-order valence-corrected chi connectivity index (χ3v) is 9.35. The van der Waals surface area contributed by atoms with Crippen LogP contribution in [0.15, 0.2) is 12.3 Å². The molecule has 14 nitrogen and oxygen atoms in total. The summed E-state index contributed by atoms with van der Waals surface area (Å²) in [5.74, 6) is -1.40. The average Bonchev–Trinajstić information content (AvgIpc) is 3.46. The molecular formula is C18H23ClN4O10P2. The molecule has 0 bridgehead atoms. The quantitative estimate of drug-likeness (QED) is 0.197. The van der Waals surface area contributed by atoms with Gasteiger partial charge in [-0.2, -0.15) is 5.26 Å². The number of pyridine rings is 1. The molecule has 0 aliphatic carbocycles. The van der Waals surface area contributed by atoms with Gasteiger partial charge in [0.2, 0.25) is 0 Å². The molecule has 0 aromatic carbocycles. The number of halogens is 1. The zero-order chi connectivity index (χ0) is 25.5. The van der Waals surface area contributed by atoms with Gasteiger partial charge in [0.05, 0.1) is 24.9 Å². The number of fused-ring (bicyclic) bond motifs is 1. The highest BCUT2D eigenvalue weighted by Crippen LogP contribution is 2.55. The number of rotatable bonds is 8. The van der Waals surface area contributed by atoms with E-state index >= 15 is 0 Å². The number of aromatic nitrogens is 2. The smallest absolute Gasteiger partial charge is 0.340 e. The van der Waals surface area contributed by atoms with Crippen molar-refractivity contribution < 1.29 is 48.0 Å². The summed E-state index contributed by atoms with van der Waals surface area (Å²) in [6, 6.07) is 3.61. The Morgan fingerprint density at radius 1 is 1.31 bits per heavy atom. The van der Waals surface area contributed by atoms with Crippen LogP contribution in [-0.4, -0.2) is 84.5 Å². The Morgan fingerprint density at radius 3 is 2.69 bits per heavy atom. The minimum atomic E-state index is -4.83. The van der Waals surface area contributed by atoms with Gasteiger partial charge in [0.25, 0.3) is 0 Å². The predicted molar refractivity (Wildman–Crippen MR) is 121 cm³/mol. The topological polar surface area (TPSA) is 217 Å². The van der Waals surface area contributed by atoms with Crippen LogP contribution in [0.25, 0.3) is 11.0 Å². The monoisotopic (exact) mass is 552 g/mol. The molecule has 192 valence electrons. The van der Waals surface area contributed by atoms with Crippen LogP contribution in [0, 0.1) is 11.3 Å². The number of aliphatic hydroxyl groups excluding tert-OH is 2. The summed E-state index contributed by atoms with van der Waals surface area (Å²) in [4.78, 5) is 31.7. The van der Waals surface area contributed by atoms with Crippen molar-refractivity contribution >= 4 is 43.5 Å². The van der Waals surface area contributed by atoms with Crippen LogP contribution in [0.3, 0.4) is 0 Å². The van der Waals surface area contributed by atoms with Crippen LogP contribution in [0.5, 0.6) is 0 Å². The molecule has 0 saturated carbocycles. The summed E-state index contributed by atoms with van der Waals surface area (Å²) in [7, 11) is -9.53. The maximum absolute atomic E-state index is 11.9. The van der Waals surface area contributed by atoms with Crippen LogP contribution < -0.4 is 5.32 Å². The Kier molecular flexibility index (Phi) is 7.60. The first-order valence-electron chi connectivity index (χ1n) is 10.4.